The maximum absolute atomic E-state index is 12.7. The highest BCUT2D eigenvalue weighted by molar-refractivity contribution is 6.16. The van der Waals surface area contributed by atoms with Crippen molar-refractivity contribution in [2.45, 2.75) is 6.92 Å². The Hall–Kier alpha value is -2.48. The van der Waals surface area contributed by atoms with Gasteiger partial charge in [0.25, 0.3) is 0 Å². The van der Waals surface area contributed by atoms with Crippen LogP contribution in [0, 0.1) is 6.92 Å². The summed E-state index contributed by atoms with van der Waals surface area (Å²) in [6.45, 7) is 1.95. The first kappa shape index (κ1) is 11.6. The van der Waals surface area contributed by atoms with Crippen LogP contribution in [-0.2, 0) is 0 Å². The van der Waals surface area contributed by atoms with Crippen molar-refractivity contribution in [3.05, 3.63) is 77.6 Å². The van der Waals surface area contributed by atoms with Crippen molar-refractivity contribution in [1.82, 2.24) is 4.98 Å². The molecule has 0 spiro atoms. The van der Waals surface area contributed by atoms with E-state index in [0.29, 0.717) is 5.56 Å². The van der Waals surface area contributed by atoms with Gasteiger partial charge < -0.3 is 0 Å². The zero-order chi connectivity index (χ0) is 13.2. The predicted molar refractivity (Wildman–Crippen MR) is 76.4 cm³/mol. The van der Waals surface area contributed by atoms with Crippen molar-refractivity contribution in [2.75, 3.05) is 0 Å². The molecule has 0 saturated heterocycles. The summed E-state index contributed by atoms with van der Waals surface area (Å²) in [6, 6.07) is 15.3. The number of fused-ring (bicyclic) bond motifs is 1. The SMILES string of the molecule is Cc1ccccc1C(=O)c1cccc2ccncc12. The van der Waals surface area contributed by atoms with Gasteiger partial charge in [0.15, 0.2) is 5.78 Å². The van der Waals surface area contributed by atoms with Crippen LogP contribution >= 0.6 is 0 Å². The summed E-state index contributed by atoms with van der Waals surface area (Å²) in [5.41, 5.74) is 2.45. The molecule has 0 saturated carbocycles. The van der Waals surface area contributed by atoms with E-state index in [1.165, 1.54) is 0 Å². The van der Waals surface area contributed by atoms with Crippen LogP contribution in [0.3, 0.4) is 0 Å². The van der Waals surface area contributed by atoms with E-state index in [1.54, 1.807) is 12.4 Å². The normalized spacial score (nSPS) is 10.6. The van der Waals surface area contributed by atoms with Crippen LogP contribution in [0.15, 0.2) is 60.9 Å². The minimum Gasteiger partial charge on any atom is -0.289 e. The van der Waals surface area contributed by atoms with Crippen LogP contribution < -0.4 is 0 Å². The molecule has 2 heteroatoms. The van der Waals surface area contributed by atoms with Crippen molar-refractivity contribution in [2.24, 2.45) is 0 Å². The highest BCUT2D eigenvalue weighted by Crippen LogP contribution is 2.21. The van der Waals surface area contributed by atoms with E-state index >= 15 is 0 Å². The molecular formula is C17H13NO. The van der Waals surface area contributed by atoms with Gasteiger partial charge in [-0.2, -0.15) is 0 Å². The highest BCUT2D eigenvalue weighted by Gasteiger charge is 2.13. The van der Waals surface area contributed by atoms with Gasteiger partial charge in [-0.1, -0.05) is 42.5 Å². The molecule has 0 bridgehead atoms. The van der Waals surface area contributed by atoms with Gasteiger partial charge in [0.1, 0.15) is 0 Å². The van der Waals surface area contributed by atoms with Crippen molar-refractivity contribution >= 4 is 16.6 Å². The van der Waals surface area contributed by atoms with Crippen LogP contribution in [-0.4, -0.2) is 10.8 Å². The first-order chi connectivity index (χ1) is 9.27. The number of carbonyl (C=O) groups is 1. The van der Waals surface area contributed by atoms with Crippen molar-refractivity contribution < 1.29 is 4.79 Å². The Balaban J connectivity index is 2.20. The lowest BCUT2D eigenvalue weighted by Gasteiger charge is -2.07. The number of nitrogens with zero attached hydrogens (tertiary/aromatic N) is 1. The molecule has 0 aliphatic carbocycles. The monoisotopic (exact) mass is 247 g/mol. The standard InChI is InChI=1S/C17H13NO/c1-12-5-2-3-7-14(12)17(19)15-8-4-6-13-9-10-18-11-16(13)15/h2-11H,1H3. The highest BCUT2D eigenvalue weighted by atomic mass is 16.1. The Morgan fingerprint density at radius 1 is 0.947 bits per heavy atom. The number of pyridine rings is 1. The zero-order valence-corrected chi connectivity index (χ0v) is 10.6. The molecule has 1 heterocycles. The Morgan fingerprint density at radius 3 is 2.58 bits per heavy atom. The molecule has 2 nitrogen and oxygen atoms in total. The van der Waals surface area contributed by atoms with E-state index in [1.807, 2.05) is 55.5 Å². The molecule has 0 fully saturated rings. The third-order valence-corrected chi connectivity index (χ3v) is 3.32. The molecule has 0 N–H and O–H groups in total. The smallest absolute Gasteiger partial charge is 0.193 e. The van der Waals surface area contributed by atoms with Gasteiger partial charge in [-0.15, -0.1) is 0 Å². The summed E-state index contributed by atoms with van der Waals surface area (Å²) >= 11 is 0. The number of hydrogen-bond donors (Lipinski definition) is 0. The van der Waals surface area contributed by atoms with E-state index in [9.17, 15) is 4.79 Å². The van der Waals surface area contributed by atoms with Crippen molar-refractivity contribution in [3.63, 3.8) is 0 Å². The zero-order valence-electron chi connectivity index (χ0n) is 10.6. The third-order valence-electron chi connectivity index (χ3n) is 3.32. The summed E-state index contributed by atoms with van der Waals surface area (Å²) in [4.78, 5) is 16.8. The number of carbonyl (C=O) groups excluding carboxylic acids is 1. The fourth-order valence-electron chi connectivity index (χ4n) is 2.28. The molecule has 0 aliphatic rings. The molecule has 0 unspecified atom stereocenters. The Morgan fingerprint density at radius 2 is 1.74 bits per heavy atom. The second kappa shape index (κ2) is 4.65. The quantitative estimate of drug-likeness (QED) is 0.645. The van der Waals surface area contributed by atoms with E-state index in [0.717, 1.165) is 21.9 Å². The van der Waals surface area contributed by atoms with E-state index in [4.69, 9.17) is 0 Å². The Labute approximate surface area is 111 Å². The van der Waals surface area contributed by atoms with Crippen LogP contribution in [0.25, 0.3) is 10.8 Å². The number of aryl methyl sites for hydroxylation is 1. The topological polar surface area (TPSA) is 30.0 Å². The van der Waals surface area contributed by atoms with E-state index in [-0.39, 0.29) is 5.78 Å². The van der Waals surface area contributed by atoms with Gasteiger partial charge >= 0.3 is 0 Å². The van der Waals surface area contributed by atoms with Gasteiger partial charge in [-0.05, 0) is 23.9 Å². The summed E-state index contributed by atoms with van der Waals surface area (Å²) in [6.07, 6.45) is 3.49. The van der Waals surface area contributed by atoms with Gasteiger partial charge in [-0.3, -0.25) is 9.78 Å². The van der Waals surface area contributed by atoms with Gasteiger partial charge in [-0.25, -0.2) is 0 Å². The number of benzene rings is 2. The fourth-order valence-corrected chi connectivity index (χ4v) is 2.28. The molecule has 0 aliphatic heterocycles. The van der Waals surface area contributed by atoms with Crippen LogP contribution in [0.2, 0.25) is 0 Å². The second-order valence-corrected chi connectivity index (χ2v) is 4.55. The van der Waals surface area contributed by atoms with Gasteiger partial charge in [0.2, 0.25) is 0 Å². The minimum absolute atomic E-state index is 0.0525. The number of hydrogen-bond acceptors (Lipinski definition) is 2. The maximum Gasteiger partial charge on any atom is 0.193 e. The molecule has 0 amide bonds. The molecule has 0 radical (unpaired) electrons. The second-order valence-electron chi connectivity index (χ2n) is 4.55. The number of ketones is 1. The first-order valence-corrected chi connectivity index (χ1v) is 6.20. The fraction of sp³-hybridized carbons (Fsp3) is 0.0588. The predicted octanol–water partition coefficient (Wildman–Crippen LogP) is 3.77. The molecule has 1 aromatic heterocycles. The van der Waals surface area contributed by atoms with Gasteiger partial charge in [0, 0.05) is 28.9 Å². The first-order valence-electron chi connectivity index (χ1n) is 6.20. The lowest BCUT2D eigenvalue weighted by molar-refractivity contribution is 0.103. The van der Waals surface area contributed by atoms with Crippen molar-refractivity contribution in [1.29, 1.82) is 0 Å². The maximum atomic E-state index is 12.7. The molecule has 2 aromatic carbocycles. The summed E-state index contributed by atoms with van der Waals surface area (Å²) < 4.78 is 0. The summed E-state index contributed by atoms with van der Waals surface area (Å²) in [7, 11) is 0. The van der Waals surface area contributed by atoms with Crippen LogP contribution in [0.5, 0.6) is 0 Å². The Kier molecular flexibility index (Phi) is 2.84. The summed E-state index contributed by atoms with van der Waals surface area (Å²) in [5.74, 6) is 0.0525. The van der Waals surface area contributed by atoms with Gasteiger partial charge in [0.05, 0.1) is 0 Å². The Bertz CT molecular complexity index is 757. The van der Waals surface area contributed by atoms with E-state index < -0.39 is 0 Å². The lowest BCUT2D eigenvalue weighted by Crippen LogP contribution is -2.04. The van der Waals surface area contributed by atoms with Crippen LogP contribution in [0.4, 0.5) is 0 Å². The molecule has 0 atom stereocenters. The minimum atomic E-state index is 0.0525. The molecular weight excluding hydrogens is 234 g/mol. The average molecular weight is 247 g/mol. The number of rotatable bonds is 2. The number of aromatic nitrogens is 1. The molecule has 92 valence electrons. The largest absolute Gasteiger partial charge is 0.289 e. The van der Waals surface area contributed by atoms with Crippen LogP contribution in [0.1, 0.15) is 21.5 Å². The molecule has 19 heavy (non-hydrogen) atoms. The average Bonchev–Trinajstić information content (AvgIpc) is 2.46. The summed E-state index contributed by atoms with van der Waals surface area (Å²) in [5, 5.41) is 1.94. The molecule has 3 aromatic rings. The third kappa shape index (κ3) is 2.02. The lowest BCUT2D eigenvalue weighted by atomic mass is 9.96. The molecule has 3 rings (SSSR count). The van der Waals surface area contributed by atoms with E-state index in [2.05, 4.69) is 4.98 Å². The van der Waals surface area contributed by atoms with Crippen molar-refractivity contribution in [3.8, 4) is 0 Å².